The first kappa shape index (κ1) is 15.6. The predicted molar refractivity (Wildman–Crippen MR) is 82.0 cm³/mol. The Hall–Kier alpha value is -0.805. The molecule has 1 fully saturated rings. The van der Waals surface area contributed by atoms with E-state index in [0.717, 1.165) is 24.3 Å². The van der Waals surface area contributed by atoms with E-state index in [1.165, 1.54) is 6.42 Å². The molecule has 0 aliphatic carbocycles. The summed E-state index contributed by atoms with van der Waals surface area (Å²) < 4.78 is 14.0. The van der Waals surface area contributed by atoms with Crippen molar-refractivity contribution in [1.29, 1.82) is 0 Å². The highest BCUT2D eigenvalue weighted by atomic mass is 16.7. The van der Waals surface area contributed by atoms with E-state index in [4.69, 9.17) is 9.31 Å². The fourth-order valence-corrected chi connectivity index (χ4v) is 2.26. The summed E-state index contributed by atoms with van der Waals surface area (Å²) in [7, 11) is -0.307. The number of hydrogen-bond acceptors (Lipinski definition) is 3. The molecular formula is C15H27BN2O2. The van der Waals surface area contributed by atoms with Crippen molar-refractivity contribution in [3.05, 3.63) is 12.4 Å². The van der Waals surface area contributed by atoms with Crippen LogP contribution in [0.4, 0.5) is 0 Å². The van der Waals surface area contributed by atoms with Gasteiger partial charge in [-0.15, -0.1) is 0 Å². The molecule has 0 amide bonds. The third kappa shape index (κ3) is 3.26. The molecule has 2 rings (SSSR count). The Morgan fingerprint density at radius 3 is 2.35 bits per heavy atom. The largest absolute Gasteiger partial charge is 0.498 e. The molecule has 0 aromatic carbocycles. The first-order chi connectivity index (χ1) is 9.21. The van der Waals surface area contributed by atoms with Gasteiger partial charge in [-0.05, 0) is 46.5 Å². The van der Waals surface area contributed by atoms with Gasteiger partial charge in [0.25, 0.3) is 0 Å². The van der Waals surface area contributed by atoms with Crippen molar-refractivity contribution in [2.24, 2.45) is 5.92 Å². The number of nitrogens with zero attached hydrogens (tertiary/aromatic N) is 2. The molecule has 0 unspecified atom stereocenters. The lowest BCUT2D eigenvalue weighted by Crippen LogP contribution is -2.41. The smallest absolute Gasteiger partial charge is 0.399 e. The molecule has 4 nitrogen and oxygen atoms in total. The Morgan fingerprint density at radius 1 is 1.20 bits per heavy atom. The Balaban J connectivity index is 1.97. The molecule has 0 bridgehead atoms. The molecule has 1 aromatic rings. The van der Waals surface area contributed by atoms with Gasteiger partial charge >= 0.3 is 7.12 Å². The van der Waals surface area contributed by atoms with Crippen molar-refractivity contribution in [3.63, 3.8) is 0 Å². The fraction of sp³-hybridized carbons (Fsp3) is 0.800. The molecule has 0 radical (unpaired) electrons. The van der Waals surface area contributed by atoms with Crippen LogP contribution < -0.4 is 5.46 Å². The molecule has 0 saturated carbocycles. The number of rotatable bonds is 5. The van der Waals surface area contributed by atoms with Crippen molar-refractivity contribution in [2.75, 3.05) is 0 Å². The predicted octanol–water partition coefficient (Wildman–Crippen LogP) is 2.62. The van der Waals surface area contributed by atoms with E-state index in [9.17, 15) is 0 Å². The van der Waals surface area contributed by atoms with Gasteiger partial charge in [-0.3, -0.25) is 4.68 Å². The van der Waals surface area contributed by atoms with Gasteiger partial charge < -0.3 is 9.31 Å². The summed E-state index contributed by atoms with van der Waals surface area (Å²) in [4.78, 5) is 0. The third-order valence-corrected chi connectivity index (χ3v) is 4.35. The first-order valence-corrected chi connectivity index (χ1v) is 7.59. The van der Waals surface area contributed by atoms with Gasteiger partial charge in [0, 0.05) is 24.4 Å². The number of aryl methyl sites for hydroxylation is 1. The fourth-order valence-electron chi connectivity index (χ4n) is 2.26. The summed E-state index contributed by atoms with van der Waals surface area (Å²) in [6.45, 7) is 13.7. The minimum absolute atomic E-state index is 0.294. The van der Waals surface area contributed by atoms with E-state index < -0.39 is 0 Å². The van der Waals surface area contributed by atoms with Gasteiger partial charge in [0.05, 0.1) is 11.2 Å². The Morgan fingerprint density at radius 2 is 1.80 bits per heavy atom. The SMILES string of the molecule is CC(C)CCCn1cc(B2OC(C)(C)C(C)(C)O2)cn1. The van der Waals surface area contributed by atoms with Crippen LogP contribution in [0.2, 0.25) is 0 Å². The van der Waals surface area contributed by atoms with E-state index in [-0.39, 0.29) is 18.3 Å². The monoisotopic (exact) mass is 278 g/mol. The number of hydrogen-bond donors (Lipinski definition) is 0. The van der Waals surface area contributed by atoms with E-state index in [2.05, 4.69) is 46.6 Å². The molecule has 0 atom stereocenters. The molecule has 2 heterocycles. The lowest BCUT2D eigenvalue weighted by atomic mass is 9.82. The molecule has 0 N–H and O–H groups in total. The van der Waals surface area contributed by atoms with Crippen molar-refractivity contribution < 1.29 is 9.31 Å². The molecule has 1 aromatic heterocycles. The van der Waals surface area contributed by atoms with Crippen molar-refractivity contribution in [2.45, 2.75) is 72.1 Å². The second kappa shape index (κ2) is 5.53. The minimum atomic E-state index is -0.307. The molecule has 0 spiro atoms. The van der Waals surface area contributed by atoms with Gasteiger partial charge in [0.15, 0.2) is 0 Å². The van der Waals surface area contributed by atoms with Crippen LogP contribution in [-0.2, 0) is 15.9 Å². The lowest BCUT2D eigenvalue weighted by Gasteiger charge is -2.32. The van der Waals surface area contributed by atoms with Crippen LogP contribution in [0, 0.1) is 5.92 Å². The summed E-state index contributed by atoms with van der Waals surface area (Å²) in [5.41, 5.74) is 0.419. The van der Waals surface area contributed by atoms with Gasteiger partial charge in [-0.1, -0.05) is 13.8 Å². The quantitative estimate of drug-likeness (QED) is 0.777. The second-order valence-corrected chi connectivity index (χ2v) is 7.16. The third-order valence-electron chi connectivity index (χ3n) is 4.35. The van der Waals surface area contributed by atoms with Gasteiger partial charge in [0.1, 0.15) is 0 Å². The van der Waals surface area contributed by atoms with Gasteiger partial charge in [0.2, 0.25) is 0 Å². The summed E-state index contributed by atoms with van der Waals surface area (Å²) in [6, 6.07) is 0. The summed E-state index contributed by atoms with van der Waals surface area (Å²) in [5.74, 6) is 0.744. The Kier molecular flexibility index (Phi) is 4.31. The summed E-state index contributed by atoms with van der Waals surface area (Å²) in [6.07, 6.45) is 6.29. The average molecular weight is 278 g/mol. The zero-order valence-electron chi connectivity index (χ0n) is 13.6. The van der Waals surface area contributed by atoms with Crippen LogP contribution in [0.1, 0.15) is 54.4 Å². The first-order valence-electron chi connectivity index (χ1n) is 7.59. The van der Waals surface area contributed by atoms with Crippen LogP contribution in [-0.4, -0.2) is 28.1 Å². The average Bonchev–Trinajstić information content (AvgIpc) is 2.82. The Bertz CT molecular complexity index is 438. The standard InChI is InChI=1S/C15H27BN2O2/c1-12(2)8-7-9-18-11-13(10-17-18)16-19-14(3,4)15(5,6)20-16/h10-12H,7-9H2,1-6H3. The minimum Gasteiger partial charge on any atom is -0.399 e. The van der Waals surface area contributed by atoms with Crippen LogP contribution >= 0.6 is 0 Å². The molecule has 1 saturated heterocycles. The molecule has 112 valence electrons. The van der Waals surface area contributed by atoms with Gasteiger partial charge in [-0.2, -0.15) is 5.10 Å². The maximum atomic E-state index is 6.03. The molecular weight excluding hydrogens is 251 g/mol. The normalized spacial score (nSPS) is 20.9. The molecule has 20 heavy (non-hydrogen) atoms. The topological polar surface area (TPSA) is 36.3 Å². The molecule has 1 aliphatic rings. The van der Waals surface area contributed by atoms with Crippen LogP contribution in [0.5, 0.6) is 0 Å². The highest BCUT2D eigenvalue weighted by Gasteiger charge is 2.52. The van der Waals surface area contributed by atoms with Crippen molar-refractivity contribution in [3.8, 4) is 0 Å². The van der Waals surface area contributed by atoms with E-state index >= 15 is 0 Å². The van der Waals surface area contributed by atoms with Gasteiger partial charge in [-0.25, -0.2) is 0 Å². The maximum Gasteiger partial charge on any atom is 0.498 e. The van der Waals surface area contributed by atoms with Crippen LogP contribution in [0.3, 0.4) is 0 Å². The van der Waals surface area contributed by atoms with Crippen LogP contribution in [0.15, 0.2) is 12.4 Å². The molecule has 5 heteroatoms. The van der Waals surface area contributed by atoms with E-state index in [1.54, 1.807) is 0 Å². The zero-order valence-corrected chi connectivity index (χ0v) is 13.6. The van der Waals surface area contributed by atoms with E-state index in [0.29, 0.717) is 0 Å². The summed E-state index contributed by atoms with van der Waals surface area (Å²) >= 11 is 0. The highest BCUT2D eigenvalue weighted by molar-refractivity contribution is 6.61. The van der Waals surface area contributed by atoms with Crippen molar-refractivity contribution >= 4 is 12.6 Å². The Labute approximate surface area is 123 Å². The highest BCUT2D eigenvalue weighted by Crippen LogP contribution is 2.36. The summed E-state index contributed by atoms with van der Waals surface area (Å²) in [5, 5.41) is 4.41. The second-order valence-electron chi connectivity index (χ2n) is 7.16. The lowest BCUT2D eigenvalue weighted by molar-refractivity contribution is 0.00578. The van der Waals surface area contributed by atoms with Crippen molar-refractivity contribution in [1.82, 2.24) is 9.78 Å². The number of aromatic nitrogens is 2. The van der Waals surface area contributed by atoms with Crippen LogP contribution in [0.25, 0.3) is 0 Å². The van der Waals surface area contributed by atoms with E-state index in [1.807, 2.05) is 17.1 Å². The zero-order chi connectivity index (χ0) is 15.0. The maximum absolute atomic E-state index is 6.03. The molecule has 1 aliphatic heterocycles.